The first-order valence-electron chi connectivity index (χ1n) is 0. The molecular formula is BiCeFeMo. The summed E-state index contributed by atoms with van der Waals surface area (Å²) in [6, 6.07) is 0. The van der Waals surface area contributed by atoms with Crippen molar-refractivity contribution in [2.75, 3.05) is 0 Å². The Morgan fingerprint density at radius 2 is 1.00 bits per heavy atom. The summed E-state index contributed by atoms with van der Waals surface area (Å²) in [6.45, 7) is 0. The maximum atomic E-state index is 0. The van der Waals surface area contributed by atoms with Crippen LogP contribution in [-0.4, -0.2) is 26.2 Å². The van der Waals surface area contributed by atoms with Crippen molar-refractivity contribution < 1.29 is 79.9 Å². The van der Waals surface area contributed by atoms with Gasteiger partial charge in [-0.3, -0.25) is 0 Å². The van der Waals surface area contributed by atoms with Crippen LogP contribution in [-0.2, 0) is 38.1 Å². The standard InChI is InChI=1S/Bi.Ce.Fe.Mo. The quantitative estimate of drug-likeness (QED) is 0.398. The zero-order valence-corrected chi connectivity index (χ0v) is 11.4. The molecule has 0 N–H and O–H groups in total. The van der Waals surface area contributed by atoms with Crippen molar-refractivity contribution in [2.24, 2.45) is 0 Å². The average molecular weight is 501 g/mol. The first-order valence-corrected chi connectivity index (χ1v) is 0. The summed E-state index contributed by atoms with van der Waals surface area (Å²) in [7, 11) is 0. The molecule has 0 nitrogen and oxygen atoms in total. The van der Waals surface area contributed by atoms with Gasteiger partial charge in [-0.2, -0.15) is 0 Å². The van der Waals surface area contributed by atoms with Gasteiger partial charge in [0.25, 0.3) is 0 Å². The van der Waals surface area contributed by atoms with E-state index >= 15 is 0 Å². The Kier molecular flexibility index (Phi) is 104. The fourth-order valence-corrected chi connectivity index (χ4v) is 0. The molecule has 4 heteroatoms. The molecular weight excluding hydrogens is 501 g/mol. The molecule has 0 atom stereocenters. The summed E-state index contributed by atoms with van der Waals surface area (Å²) in [5.74, 6) is 0. The van der Waals surface area contributed by atoms with Gasteiger partial charge in [0.2, 0.25) is 0 Å². The van der Waals surface area contributed by atoms with Crippen molar-refractivity contribution in [1.82, 2.24) is 0 Å². The molecule has 0 aliphatic carbocycles. The SMILES string of the molecule is [Bi].[Ce].[Fe].[Mo]. The van der Waals surface area contributed by atoms with E-state index in [1.807, 2.05) is 0 Å². The van der Waals surface area contributed by atoms with Crippen LogP contribution in [0, 0.1) is 41.7 Å². The summed E-state index contributed by atoms with van der Waals surface area (Å²) in [5, 5.41) is 0. The Bertz CT molecular complexity index is 8.00. The average Bonchev–Trinajstić information content (AvgIpc) is 0. The van der Waals surface area contributed by atoms with E-state index in [1.165, 1.54) is 0 Å². The van der Waals surface area contributed by atoms with E-state index in [2.05, 4.69) is 0 Å². The molecule has 23 valence electrons. The van der Waals surface area contributed by atoms with Crippen LogP contribution < -0.4 is 0 Å². The van der Waals surface area contributed by atoms with Crippen LogP contribution in [0.25, 0.3) is 0 Å². The van der Waals surface area contributed by atoms with Crippen LogP contribution >= 0.6 is 0 Å². The van der Waals surface area contributed by atoms with Crippen LogP contribution in [0.15, 0.2) is 0 Å². The molecule has 4 heavy (non-hydrogen) atoms. The molecule has 0 heterocycles. The van der Waals surface area contributed by atoms with E-state index in [-0.39, 0.29) is 106 Å². The maximum Gasteiger partial charge on any atom is 0 e. The van der Waals surface area contributed by atoms with Gasteiger partial charge in [-0.05, 0) is 0 Å². The fraction of sp³-hybridized carbons (Fsp3) is 0. The van der Waals surface area contributed by atoms with Gasteiger partial charge in [0.05, 0.1) is 0 Å². The summed E-state index contributed by atoms with van der Waals surface area (Å²) >= 11 is 0. The molecule has 0 spiro atoms. The third kappa shape index (κ3) is 9.08. The van der Waals surface area contributed by atoms with Gasteiger partial charge in [0.1, 0.15) is 0 Å². The molecule has 0 unspecified atom stereocenters. The molecule has 0 rings (SSSR count). The molecule has 0 amide bonds. The van der Waals surface area contributed by atoms with E-state index in [0.717, 1.165) is 0 Å². The molecule has 3 radical (unpaired) electrons. The largest absolute Gasteiger partial charge is 0 e. The van der Waals surface area contributed by atoms with Crippen LogP contribution in [0.1, 0.15) is 0 Å². The van der Waals surface area contributed by atoms with Gasteiger partial charge in [-0.15, -0.1) is 0 Å². The Labute approximate surface area is 103 Å². The van der Waals surface area contributed by atoms with Crippen molar-refractivity contribution in [2.45, 2.75) is 0 Å². The summed E-state index contributed by atoms with van der Waals surface area (Å²) < 4.78 is 0. The zero-order valence-electron chi connectivity index (χ0n) is 1.71. The molecule has 0 saturated carbocycles. The van der Waals surface area contributed by atoms with Crippen molar-refractivity contribution >= 4 is 26.2 Å². The third-order valence-corrected chi connectivity index (χ3v) is 0. The van der Waals surface area contributed by atoms with Gasteiger partial charge in [-0.1, -0.05) is 0 Å². The van der Waals surface area contributed by atoms with E-state index < -0.39 is 0 Å². The van der Waals surface area contributed by atoms with Crippen LogP contribution in [0.4, 0.5) is 0 Å². The number of hydrogen-bond donors (Lipinski definition) is 0. The van der Waals surface area contributed by atoms with E-state index in [9.17, 15) is 0 Å². The van der Waals surface area contributed by atoms with Gasteiger partial charge < -0.3 is 0 Å². The molecule has 0 saturated heterocycles. The summed E-state index contributed by atoms with van der Waals surface area (Å²) in [6.07, 6.45) is 0. The van der Waals surface area contributed by atoms with Crippen LogP contribution in [0.3, 0.4) is 0 Å². The minimum absolute atomic E-state index is 0. The second-order valence-corrected chi connectivity index (χ2v) is 0. The van der Waals surface area contributed by atoms with Gasteiger partial charge >= 0.3 is 0 Å². The Morgan fingerprint density at radius 1 is 1.00 bits per heavy atom. The molecule has 0 aliphatic heterocycles. The first-order chi connectivity index (χ1) is 0. The van der Waals surface area contributed by atoms with Crippen LogP contribution in [0.2, 0.25) is 0 Å². The topological polar surface area (TPSA) is 0 Å². The minimum atomic E-state index is 0. The van der Waals surface area contributed by atoms with Crippen molar-refractivity contribution in [3.05, 3.63) is 0 Å². The van der Waals surface area contributed by atoms with Crippen molar-refractivity contribution in [3.63, 3.8) is 0 Å². The summed E-state index contributed by atoms with van der Waals surface area (Å²) in [5.41, 5.74) is 0. The Hall–Kier alpha value is 3.47. The van der Waals surface area contributed by atoms with Gasteiger partial charge in [-0.25, -0.2) is 0 Å². The molecule has 0 aromatic rings. The predicted molar refractivity (Wildman–Crippen MR) is 5.75 cm³/mol. The molecule has 0 bridgehead atoms. The number of hydrogen-bond acceptors (Lipinski definition) is 0. The first kappa shape index (κ1) is 26.0. The maximum absolute atomic E-state index is 0. The normalized spacial score (nSPS) is 0. The van der Waals surface area contributed by atoms with Crippen molar-refractivity contribution in [3.8, 4) is 0 Å². The molecule has 0 aromatic heterocycles. The molecule has 0 aromatic carbocycles. The van der Waals surface area contributed by atoms with E-state index in [1.54, 1.807) is 0 Å². The predicted octanol–water partition coefficient (Wildman–Crippen LogP) is -0.386. The number of rotatable bonds is 0. The second-order valence-electron chi connectivity index (χ2n) is 0. The smallest absolute Gasteiger partial charge is 0 e. The molecule has 0 aliphatic rings. The van der Waals surface area contributed by atoms with E-state index in [0.29, 0.717) is 0 Å². The second kappa shape index (κ2) is 16.1. The Balaban J connectivity index is 0. The van der Waals surface area contributed by atoms with E-state index in [4.69, 9.17) is 0 Å². The van der Waals surface area contributed by atoms with Gasteiger partial charge in [0, 0.05) is 106 Å². The van der Waals surface area contributed by atoms with Crippen molar-refractivity contribution in [1.29, 1.82) is 0 Å². The molecule has 0 fully saturated rings. The third-order valence-electron chi connectivity index (χ3n) is 0. The minimum Gasteiger partial charge on any atom is 0 e. The zero-order chi connectivity index (χ0) is 0. The van der Waals surface area contributed by atoms with Crippen LogP contribution in [0.5, 0.6) is 0 Å². The monoisotopic (exact) mass is 503 g/mol. The Morgan fingerprint density at radius 3 is 1.00 bits per heavy atom. The fourth-order valence-electron chi connectivity index (χ4n) is 0. The summed E-state index contributed by atoms with van der Waals surface area (Å²) in [4.78, 5) is 0. The van der Waals surface area contributed by atoms with Gasteiger partial charge in [0.15, 0.2) is 0 Å².